The van der Waals surface area contributed by atoms with Crippen LogP contribution in [0.3, 0.4) is 0 Å². The Kier molecular flexibility index (Phi) is 3.59. The third kappa shape index (κ3) is 2.56. The molecule has 25 heavy (non-hydrogen) atoms. The van der Waals surface area contributed by atoms with Gasteiger partial charge in [0, 0.05) is 43.8 Å². The van der Waals surface area contributed by atoms with Crippen molar-refractivity contribution in [2.24, 2.45) is 0 Å². The molecule has 4 heterocycles. The Balaban J connectivity index is 1.36. The smallest absolute Gasteiger partial charge is 0.233 e. The second kappa shape index (κ2) is 5.95. The molecule has 6 nitrogen and oxygen atoms in total. The number of aryl methyl sites for hydroxylation is 2. The van der Waals surface area contributed by atoms with Gasteiger partial charge in [0.2, 0.25) is 5.78 Å². The monoisotopic (exact) mass is 336 g/mol. The summed E-state index contributed by atoms with van der Waals surface area (Å²) in [6.45, 7) is 5.33. The number of nitrogens with zero attached hydrogens (tertiary/aromatic N) is 6. The maximum atomic E-state index is 4.86. The van der Waals surface area contributed by atoms with Crippen LogP contribution in [0.5, 0.6) is 0 Å². The van der Waals surface area contributed by atoms with E-state index in [9.17, 15) is 0 Å². The standard InChI is InChI=1S/C19H24N6/c1-14-22-17-5-2-3-6-18(17)25(14)15-7-10-23(12-15)13-16-11-21-19-20-8-4-9-24(16)19/h4,8-9,11,15H,2-3,5-7,10,12-13H2,1H3. The van der Waals surface area contributed by atoms with E-state index in [0.717, 1.165) is 31.8 Å². The summed E-state index contributed by atoms with van der Waals surface area (Å²) in [5.74, 6) is 1.99. The highest BCUT2D eigenvalue weighted by Gasteiger charge is 2.29. The van der Waals surface area contributed by atoms with Gasteiger partial charge in [-0.2, -0.15) is 0 Å². The van der Waals surface area contributed by atoms with Gasteiger partial charge in [0.1, 0.15) is 5.82 Å². The Hall–Kier alpha value is -2.21. The van der Waals surface area contributed by atoms with Gasteiger partial charge >= 0.3 is 0 Å². The van der Waals surface area contributed by atoms with Gasteiger partial charge in [-0.25, -0.2) is 15.0 Å². The molecule has 0 amide bonds. The Morgan fingerprint density at radius 3 is 3.08 bits per heavy atom. The van der Waals surface area contributed by atoms with Crippen LogP contribution in [0, 0.1) is 6.92 Å². The van der Waals surface area contributed by atoms with Crippen molar-refractivity contribution in [3.05, 3.63) is 47.6 Å². The van der Waals surface area contributed by atoms with Gasteiger partial charge in [-0.1, -0.05) is 0 Å². The highest BCUT2D eigenvalue weighted by Crippen LogP contribution is 2.30. The lowest BCUT2D eigenvalue weighted by Gasteiger charge is -2.21. The zero-order valence-electron chi connectivity index (χ0n) is 14.7. The molecule has 0 saturated carbocycles. The van der Waals surface area contributed by atoms with Crippen molar-refractivity contribution in [2.45, 2.75) is 51.6 Å². The molecule has 1 saturated heterocycles. The molecule has 130 valence electrons. The maximum Gasteiger partial charge on any atom is 0.233 e. The fourth-order valence-corrected chi connectivity index (χ4v) is 4.57. The molecular weight excluding hydrogens is 312 g/mol. The number of likely N-dealkylation sites (tertiary alicyclic amines) is 1. The van der Waals surface area contributed by atoms with Crippen molar-refractivity contribution in [3.8, 4) is 0 Å². The van der Waals surface area contributed by atoms with E-state index in [4.69, 9.17) is 4.98 Å². The van der Waals surface area contributed by atoms with E-state index >= 15 is 0 Å². The number of fused-ring (bicyclic) bond motifs is 2. The van der Waals surface area contributed by atoms with Crippen LogP contribution < -0.4 is 0 Å². The fourth-order valence-electron chi connectivity index (χ4n) is 4.57. The topological polar surface area (TPSA) is 51.2 Å². The van der Waals surface area contributed by atoms with Crippen molar-refractivity contribution in [1.82, 2.24) is 28.8 Å². The molecule has 3 aromatic rings. The van der Waals surface area contributed by atoms with Crippen molar-refractivity contribution >= 4 is 5.78 Å². The Morgan fingerprint density at radius 1 is 1.20 bits per heavy atom. The highest BCUT2D eigenvalue weighted by atomic mass is 15.2. The summed E-state index contributed by atoms with van der Waals surface area (Å²) in [5.41, 5.74) is 4.08. The van der Waals surface area contributed by atoms with Crippen LogP contribution in [-0.2, 0) is 19.4 Å². The van der Waals surface area contributed by atoms with Crippen LogP contribution in [0.1, 0.15) is 48.2 Å². The van der Waals surface area contributed by atoms with E-state index in [2.05, 4.69) is 37.0 Å². The Labute approximate surface area is 147 Å². The normalized spacial score (nSPS) is 21.1. The molecule has 0 spiro atoms. The number of hydrogen-bond donors (Lipinski definition) is 0. The summed E-state index contributed by atoms with van der Waals surface area (Å²) >= 11 is 0. The molecule has 5 rings (SSSR count). The molecule has 1 fully saturated rings. The largest absolute Gasteiger partial charge is 0.328 e. The fraction of sp³-hybridized carbons (Fsp3) is 0.526. The molecule has 0 radical (unpaired) electrons. The number of rotatable bonds is 3. The van der Waals surface area contributed by atoms with Crippen molar-refractivity contribution in [3.63, 3.8) is 0 Å². The quantitative estimate of drug-likeness (QED) is 0.738. The minimum atomic E-state index is 0.562. The van der Waals surface area contributed by atoms with Crippen LogP contribution >= 0.6 is 0 Å². The first-order valence-corrected chi connectivity index (χ1v) is 9.35. The van der Waals surface area contributed by atoms with Crippen molar-refractivity contribution in [1.29, 1.82) is 0 Å². The van der Waals surface area contributed by atoms with Crippen LogP contribution in [0.15, 0.2) is 24.7 Å². The van der Waals surface area contributed by atoms with E-state index < -0.39 is 0 Å². The van der Waals surface area contributed by atoms with E-state index in [-0.39, 0.29) is 0 Å². The summed E-state index contributed by atoms with van der Waals surface area (Å²) in [6, 6.07) is 2.53. The summed E-state index contributed by atoms with van der Waals surface area (Å²) in [4.78, 5) is 16.1. The third-order valence-corrected chi connectivity index (χ3v) is 5.71. The molecule has 0 N–H and O–H groups in total. The van der Waals surface area contributed by atoms with Gasteiger partial charge in [0.15, 0.2) is 0 Å². The predicted molar refractivity (Wildman–Crippen MR) is 95.5 cm³/mol. The summed E-state index contributed by atoms with van der Waals surface area (Å²) in [5, 5.41) is 0. The zero-order chi connectivity index (χ0) is 16.8. The van der Waals surface area contributed by atoms with Crippen molar-refractivity contribution in [2.75, 3.05) is 13.1 Å². The molecule has 1 atom stereocenters. The van der Waals surface area contributed by atoms with Crippen LogP contribution in [-0.4, -0.2) is 41.9 Å². The summed E-state index contributed by atoms with van der Waals surface area (Å²) < 4.78 is 4.64. The maximum absolute atomic E-state index is 4.86. The first-order valence-electron chi connectivity index (χ1n) is 9.35. The first kappa shape index (κ1) is 15.1. The Bertz CT molecular complexity index is 908. The van der Waals surface area contributed by atoms with E-state index in [1.54, 1.807) is 6.20 Å². The summed E-state index contributed by atoms with van der Waals surface area (Å²) in [7, 11) is 0. The SMILES string of the molecule is Cc1nc2c(n1C1CCN(Cc3cnc4ncccn34)C1)CCCC2. The molecular formula is C19H24N6. The molecule has 1 aliphatic heterocycles. The molecule has 1 aliphatic carbocycles. The molecule has 0 aromatic carbocycles. The van der Waals surface area contributed by atoms with Gasteiger partial charge < -0.3 is 4.57 Å². The second-order valence-corrected chi connectivity index (χ2v) is 7.35. The predicted octanol–water partition coefficient (Wildman–Crippen LogP) is 2.56. The average Bonchev–Trinajstić information content (AvgIpc) is 3.32. The summed E-state index contributed by atoms with van der Waals surface area (Å²) in [6.07, 6.45) is 12.0. The molecule has 2 aliphatic rings. The van der Waals surface area contributed by atoms with Crippen molar-refractivity contribution < 1.29 is 0 Å². The van der Waals surface area contributed by atoms with E-state index in [1.807, 2.05) is 12.3 Å². The minimum absolute atomic E-state index is 0.562. The Morgan fingerprint density at radius 2 is 2.12 bits per heavy atom. The lowest BCUT2D eigenvalue weighted by atomic mass is 10.0. The molecule has 1 unspecified atom stereocenters. The molecule has 3 aromatic heterocycles. The van der Waals surface area contributed by atoms with Gasteiger partial charge in [-0.05, 0) is 45.1 Å². The third-order valence-electron chi connectivity index (χ3n) is 5.71. The van der Waals surface area contributed by atoms with Crippen LogP contribution in [0.25, 0.3) is 5.78 Å². The van der Waals surface area contributed by atoms with Crippen LogP contribution in [0.2, 0.25) is 0 Å². The number of aromatic nitrogens is 5. The lowest BCUT2D eigenvalue weighted by molar-refractivity contribution is 0.309. The van der Waals surface area contributed by atoms with Gasteiger partial charge in [0.25, 0.3) is 0 Å². The average molecular weight is 336 g/mol. The molecule has 6 heteroatoms. The lowest BCUT2D eigenvalue weighted by Crippen LogP contribution is -2.23. The zero-order valence-corrected chi connectivity index (χ0v) is 14.7. The van der Waals surface area contributed by atoms with Gasteiger partial charge in [-0.3, -0.25) is 9.30 Å². The number of imidazole rings is 2. The number of hydrogen-bond acceptors (Lipinski definition) is 4. The highest BCUT2D eigenvalue weighted by molar-refractivity contribution is 5.30. The second-order valence-electron chi connectivity index (χ2n) is 7.35. The van der Waals surface area contributed by atoms with E-state index in [0.29, 0.717) is 6.04 Å². The van der Waals surface area contributed by atoms with Gasteiger partial charge in [-0.15, -0.1) is 0 Å². The first-order chi connectivity index (χ1) is 12.3. The molecule has 0 bridgehead atoms. The minimum Gasteiger partial charge on any atom is -0.328 e. The van der Waals surface area contributed by atoms with Gasteiger partial charge in [0.05, 0.1) is 17.6 Å². The van der Waals surface area contributed by atoms with Crippen LogP contribution in [0.4, 0.5) is 0 Å². The van der Waals surface area contributed by atoms with E-state index in [1.165, 1.54) is 48.6 Å².